The molecule has 34 heavy (non-hydrogen) atoms. The van der Waals surface area contributed by atoms with Gasteiger partial charge < -0.3 is 5.32 Å². The lowest BCUT2D eigenvalue weighted by atomic mass is 10.1. The molecule has 0 radical (unpaired) electrons. The van der Waals surface area contributed by atoms with Crippen LogP contribution in [0, 0.1) is 20.8 Å². The van der Waals surface area contributed by atoms with Crippen LogP contribution in [0.2, 0.25) is 5.02 Å². The number of carbonyl (C=O) groups is 1. The van der Waals surface area contributed by atoms with E-state index in [2.05, 4.69) is 15.4 Å². The van der Waals surface area contributed by atoms with E-state index in [9.17, 15) is 9.59 Å². The molecule has 5 aromatic rings. The lowest BCUT2D eigenvalue weighted by molar-refractivity contribution is 0.101. The molecule has 0 spiro atoms. The predicted octanol–water partition coefficient (Wildman–Crippen LogP) is 4.92. The molecule has 0 saturated heterocycles. The molecule has 8 heteroatoms. The zero-order valence-electron chi connectivity index (χ0n) is 19.0. The van der Waals surface area contributed by atoms with Crippen molar-refractivity contribution in [2.24, 2.45) is 0 Å². The van der Waals surface area contributed by atoms with Gasteiger partial charge in [0, 0.05) is 10.7 Å². The fraction of sp³-hybridized carbons (Fsp3) is 0.154. The normalized spacial score (nSPS) is 11.3. The van der Waals surface area contributed by atoms with E-state index in [4.69, 9.17) is 11.6 Å². The number of fused-ring (bicyclic) bond motifs is 3. The number of nitrogens with zero attached hydrogens (tertiary/aromatic N) is 4. The zero-order valence-corrected chi connectivity index (χ0v) is 19.7. The molecule has 0 unspecified atom stereocenters. The minimum absolute atomic E-state index is 0.0721. The van der Waals surface area contributed by atoms with Crippen LogP contribution in [-0.4, -0.2) is 25.1 Å². The highest BCUT2D eigenvalue weighted by atomic mass is 35.5. The molecular formula is C26H22ClN5O2. The summed E-state index contributed by atoms with van der Waals surface area (Å²) >= 11 is 6.37. The molecule has 0 atom stereocenters. The minimum atomic E-state index is -0.474. The largest absolute Gasteiger partial charge is 0.319 e. The van der Waals surface area contributed by atoms with Crippen LogP contribution in [0.3, 0.4) is 0 Å². The van der Waals surface area contributed by atoms with Crippen LogP contribution in [0.4, 0.5) is 5.69 Å². The summed E-state index contributed by atoms with van der Waals surface area (Å²) in [6.45, 7) is 6.07. The molecule has 7 nitrogen and oxygen atoms in total. The van der Waals surface area contributed by atoms with E-state index >= 15 is 0 Å². The van der Waals surface area contributed by atoms with Crippen molar-refractivity contribution >= 4 is 39.9 Å². The van der Waals surface area contributed by atoms with Gasteiger partial charge in [-0.25, -0.2) is 4.52 Å². The van der Waals surface area contributed by atoms with Gasteiger partial charge in [0.2, 0.25) is 11.5 Å². The van der Waals surface area contributed by atoms with Crippen molar-refractivity contribution in [2.45, 2.75) is 27.3 Å². The molecule has 0 fully saturated rings. The molecule has 0 aliphatic rings. The van der Waals surface area contributed by atoms with E-state index in [1.807, 2.05) is 75.4 Å². The van der Waals surface area contributed by atoms with Crippen molar-refractivity contribution in [3.05, 3.63) is 104 Å². The second-order valence-electron chi connectivity index (χ2n) is 8.37. The number of anilines is 1. The third kappa shape index (κ3) is 3.74. The third-order valence-corrected chi connectivity index (χ3v) is 6.27. The van der Waals surface area contributed by atoms with Gasteiger partial charge in [0.05, 0.1) is 17.6 Å². The van der Waals surface area contributed by atoms with Crippen molar-refractivity contribution in [3.63, 3.8) is 0 Å². The molecule has 1 amide bonds. The van der Waals surface area contributed by atoms with Crippen molar-refractivity contribution in [1.82, 2.24) is 19.2 Å². The Kier molecular flexibility index (Phi) is 5.42. The van der Waals surface area contributed by atoms with Gasteiger partial charge in [-0.05, 0) is 61.2 Å². The molecule has 5 rings (SSSR count). The Hall–Kier alpha value is -3.97. The monoisotopic (exact) mass is 471 g/mol. The standard InChI is InChI=1S/C26H22ClN5O2/c1-15-11-12-20-21(13-15)31(14-18-9-4-5-10-19(18)27)26(34)24-29-23(30-32(20)24)25(33)28-22-16(2)7-6-8-17(22)3/h4-13H,14H2,1-3H3,(H,28,33). The topological polar surface area (TPSA) is 81.3 Å². The lowest BCUT2D eigenvalue weighted by Gasteiger charge is -2.13. The van der Waals surface area contributed by atoms with Crippen LogP contribution in [0.1, 0.15) is 32.9 Å². The fourth-order valence-corrected chi connectivity index (χ4v) is 4.30. The van der Waals surface area contributed by atoms with Gasteiger partial charge in [-0.2, -0.15) is 4.98 Å². The molecule has 0 bridgehead atoms. The molecule has 3 aromatic carbocycles. The summed E-state index contributed by atoms with van der Waals surface area (Å²) in [5, 5.41) is 7.87. The number of aromatic nitrogens is 4. The number of para-hydroxylation sites is 1. The van der Waals surface area contributed by atoms with Gasteiger partial charge in [0.25, 0.3) is 11.5 Å². The highest BCUT2D eigenvalue weighted by Crippen LogP contribution is 2.22. The quantitative estimate of drug-likeness (QED) is 0.403. The lowest BCUT2D eigenvalue weighted by Crippen LogP contribution is -2.24. The van der Waals surface area contributed by atoms with Crippen LogP contribution >= 0.6 is 11.6 Å². The molecule has 0 aliphatic heterocycles. The number of hydrogen-bond donors (Lipinski definition) is 1. The van der Waals surface area contributed by atoms with Gasteiger partial charge in [-0.15, -0.1) is 5.10 Å². The number of hydrogen-bond acceptors (Lipinski definition) is 4. The maximum absolute atomic E-state index is 13.5. The summed E-state index contributed by atoms with van der Waals surface area (Å²) in [5.74, 6) is -0.546. The van der Waals surface area contributed by atoms with E-state index in [-0.39, 0.29) is 23.6 Å². The van der Waals surface area contributed by atoms with Crippen molar-refractivity contribution < 1.29 is 4.79 Å². The first-order valence-corrected chi connectivity index (χ1v) is 11.2. The highest BCUT2D eigenvalue weighted by molar-refractivity contribution is 6.31. The Morgan fingerprint density at radius 2 is 1.71 bits per heavy atom. The average molecular weight is 472 g/mol. The number of halogens is 1. The molecule has 170 valence electrons. The van der Waals surface area contributed by atoms with E-state index in [0.717, 1.165) is 22.3 Å². The number of amides is 1. The van der Waals surface area contributed by atoms with Crippen molar-refractivity contribution in [1.29, 1.82) is 0 Å². The van der Waals surface area contributed by atoms with Crippen molar-refractivity contribution in [2.75, 3.05) is 5.32 Å². The summed E-state index contributed by atoms with van der Waals surface area (Å²) < 4.78 is 3.07. The number of benzene rings is 3. The first kappa shape index (κ1) is 21.9. The molecule has 0 aliphatic carbocycles. The van der Waals surface area contributed by atoms with Gasteiger partial charge in [0.1, 0.15) is 0 Å². The SMILES string of the molecule is Cc1ccc2c(c1)n(Cc1ccccc1Cl)c(=O)c1nc(C(=O)Nc3c(C)cccc3C)nn12. The smallest absolute Gasteiger partial charge is 0.296 e. The summed E-state index contributed by atoms with van der Waals surface area (Å²) in [6.07, 6.45) is 0. The van der Waals surface area contributed by atoms with E-state index in [0.29, 0.717) is 21.7 Å². The predicted molar refractivity (Wildman–Crippen MR) is 134 cm³/mol. The summed E-state index contributed by atoms with van der Waals surface area (Å²) in [6, 6.07) is 18.9. The molecule has 2 aromatic heterocycles. The minimum Gasteiger partial charge on any atom is -0.319 e. The second-order valence-corrected chi connectivity index (χ2v) is 8.77. The van der Waals surface area contributed by atoms with Crippen LogP contribution < -0.4 is 10.9 Å². The van der Waals surface area contributed by atoms with E-state index < -0.39 is 5.91 Å². The zero-order chi connectivity index (χ0) is 24.0. The van der Waals surface area contributed by atoms with E-state index in [1.165, 1.54) is 4.52 Å². The Bertz CT molecular complexity index is 1630. The summed E-state index contributed by atoms with van der Waals surface area (Å²) in [5.41, 5.74) is 5.46. The van der Waals surface area contributed by atoms with Crippen LogP contribution in [0.5, 0.6) is 0 Å². The van der Waals surface area contributed by atoms with Gasteiger partial charge >= 0.3 is 0 Å². The average Bonchev–Trinajstić information content (AvgIpc) is 3.26. The number of nitrogens with one attached hydrogen (secondary N) is 1. The first-order valence-electron chi connectivity index (χ1n) is 10.8. The second kappa shape index (κ2) is 8.43. The van der Waals surface area contributed by atoms with Crippen molar-refractivity contribution in [3.8, 4) is 0 Å². The third-order valence-electron chi connectivity index (χ3n) is 5.90. The summed E-state index contributed by atoms with van der Waals surface area (Å²) in [7, 11) is 0. The molecule has 2 heterocycles. The maximum atomic E-state index is 13.5. The van der Waals surface area contributed by atoms with Gasteiger partial charge in [-0.3, -0.25) is 14.2 Å². The van der Waals surface area contributed by atoms with Crippen LogP contribution in [0.15, 0.2) is 65.5 Å². The molecule has 0 saturated carbocycles. The maximum Gasteiger partial charge on any atom is 0.296 e. The first-order chi connectivity index (χ1) is 16.3. The van der Waals surface area contributed by atoms with Gasteiger partial charge in [-0.1, -0.05) is 54.1 Å². The van der Waals surface area contributed by atoms with E-state index in [1.54, 1.807) is 10.6 Å². The Morgan fingerprint density at radius 1 is 0.971 bits per heavy atom. The summed E-state index contributed by atoms with van der Waals surface area (Å²) in [4.78, 5) is 30.9. The molecule has 1 N–H and O–H groups in total. The van der Waals surface area contributed by atoms with Crippen LogP contribution in [-0.2, 0) is 6.54 Å². The Labute approximate surface area is 200 Å². The van der Waals surface area contributed by atoms with Crippen LogP contribution in [0.25, 0.3) is 16.7 Å². The number of rotatable bonds is 4. The molecular weight excluding hydrogens is 450 g/mol. The Morgan fingerprint density at radius 3 is 2.44 bits per heavy atom. The fourth-order valence-electron chi connectivity index (χ4n) is 4.11. The number of carbonyl (C=O) groups excluding carboxylic acids is 1. The highest BCUT2D eigenvalue weighted by Gasteiger charge is 2.20. The number of aryl methyl sites for hydroxylation is 3. The Balaban J connectivity index is 1.67. The van der Waals surface area contributed by atoms with Gasteiger partial charge in [0.15, 0.2) is 0 Å².